The van der Waals surface area contributed by atoms with E-state index in [1.54, 1.807) is 0 Å². The van der Waals surface area contributed by atoms with Gasteiger partial charge in [-0.05, 0) is 34.7 Å². The van der Waals surface area contributed by atoms with E-state index in [1.165, 1.54) is 0 Å². The maximum Gasteiger partial charge on any atom is 0.127 e. The number of anilines is 2. The van der Waals surface area contributed by atoms with Crippen molar-refractivity contribution < 1.29 is 9.47 Å². The molecule has 38 heavy (non-hydrogen) atoms. The van der Waals surface area contributed by atoms with Crippen molar-refractivity contribution in [2.75, 3.05) is 11.5 Å². The van der Waals surface area contributed by atoms with Crippen LogP contribution in [0.3, 0.4) is 0 Å². The first-order chi connectivity index (χ1) is 18.7. The molecule has 0 saturated heterocycles. The average Bonchev–Trinajstić information content (AvgIpc) is 2.97. The van der Waals surface area contributed by atoms with Crippen LogP contribution in [-0.2, 0) is 13.2 Å². The molecule has 0 aliphatic heterocycles. The van der Waals surface area contributed by atoms with Gasteiger partial charge in [0.15, 0.2) is 0 Å². The molecule has 0 spiro atoms. The van der Waals surface area contributed by atoms with Gasteiger partial charge >= 0.3 is 0 Å². The van der Waals surface area contributed by atoms with E-state index in [-0.39, 0.29) is 0 Å². The molecule has 0 atom stereocenters. The number of hydrogen-bond donors (Lipinski definition) is 2. The Morgan fingerprint density at radius 2 is 1.00 bits per heavy atom. The molecule has 4 N–H and O–H groups in total. The number of nitrogen functional groups attached to an aromatic ring is 2. The van der Waals surface area contributed by atoms with Gasteiger partial charge in [-0.15, -0.1) is 0 Å². The summed E-state index contributed by atoms with van der Waals surface area (Å²) in [6, 6.07) is 44.1. The van der Waals surface area contributed by atoms with Crippen LogP contribution in [0.2, 0.25) is 0 Å². The fourth-order valence-corrected chi connectivity index (χ4v) is 4.29. The Bertz CT molecular complexity index is 1630. The predicted molar refractivity (Wildman–Crippen MR) is 158 cm³/mol. The van der Waals surface area contributed by atoms with E-state index in [4.69, 9.17) is 20.9 Å². The van der Waals surface area contributed by atoms with Gasteiger partial charge in [0, 0.05) is 33.6 Å². The third-order valence-electron chi connectivity index (χ3n) is 6.27. The topological polar surface area (TPSA) is 70.5 Å². The zero-order valence-corrected chi connectivity index (χ0v) is 21.1. The van der Waals surface area contributed by atoms with Gasteiger partial charge in [-0.1, -0.05) is 109 Å². The van der Waals surface area contributed by atoms with E-state index >= 15 is 0 Å². The first kappa shape index (κ1) is 24.7. The minimum atomic E-state index is 0.554. The van der Waals surface area contributed by atoms with Crippen molar-refractivity contribution in [3.05, 3.63) is 145 Å². The second-order valence-corrected chi connectivity index (χ2v) is 8.98. The molecule has 0 aliphatic rings. The smallest absolute Gasteiger partial charge is 0.127 e. The van der Waals surface area contributed by atoms with Crippen molar-refractivity contribution >= 4 is 32.9 Å². The Balaban J connectivity index is 0.000000155. The molecule has 4 heteroatoms. The molecule has 0 aromatic heterocycles. The number of rotatable bonds is 6. The molecule has 6 aromatic rings. The van der Waals surface area contributed by atoms with E-state index in [0.717, 1.165) is 55.5 Å². The second-order valence-electron chi connectivity index (χ2n) is 8.98. The van der Waals surface area contributed by atoms with Gasteiger partial charge < -0.3 is 20.9 Å². The maximum absolute atomic E-state index is 6.05. The molecular weight excluding hydrogens is 468 g/mol. The molecule has 6 rings (SSSR count). The molecule has 188 valence electrons. The highest BCUT2D eigenvalue weighted by Crippen LogP contribution is 2.30. The van der Waals surface area contributed by atoms with Crippen LogP contribution in [-0.4, -0.2) is 0 Å². The summed E-state index contributed by atoms with van der Waals surface area (Å²) in [4.78, 5) is 0. The molecule has 0 saturated carbocycles. The molecule has 0 bridgehead atoms. The lowest BCUT2D eigenvalue weighted by molar-refractivity contribution is 0.307. The summed E-state index contributed by atoms with van der Waals surface area (Å²) in [5, 5.41) is 4.26. The second kappa shape index (κ2) is 11.8. The highest BCUT2D eigenvalue weighted by Gasteiger charge is 2.05. The minimum Gasteiger partial charge on any atom is -0.489 e. The summed E-state index contributed by atoms with van der Waals surface area (Å²) in [6.45, 7) is 1.12. The van der Waals surface area contributed by atoms with Crippen molar-refractivity contribution in [3.63, 3.8) is 0 Å². The summed E-state index contributed by atoms with van der Waals surface area (Å²) < 4.78 is 11.7. The Morgan fingerprint density at radius 3 is 1.68 bits per heavy atom. The monoisotopic (exact) mass is 498 g/mol. The van der Waals surface area contributed by atoms with Crippen molar-refractivity contribution in [1.29, 1.82) is 0 Å². The number of hydrogen-bond acceptors (Lipinski definition) is 4. The van der Waals surface area contributed by atoms with Gasteiger partial charge in [-0.25, -0.2) is 0 Å². The van der Waals surface area contributed by atoms with Gasteiger partial charge in [0.05, 0.1) is 0 Å². The van der Waals surface area contributed by atoms with Crippen LogP contribution in [0.4, 0.5) is 11.4 Å². The highest BCUT2D eigenvalue weighted by molar-refractivity contribution is 5.97. The van der Waals surface area contributed by atoms with Crippen LogP contribution in [0.25, 0.3) is 21.5 Å². The lowest BCUT2D eigenvalue weighted by Crippen LogP contribution is -1.96. The predicted octanol–water partition coefficient (Wildman–Crippen LogP) is 8.00. The van der Waals surface area contributed by atoms with E-state index in [0.29, 0.717) is 13.2 Å². The van der Waals surface area contributed by atoms with E-state index in [2.05, 4.69) is 12.1 Å². The van der Waals surface area contributed by atoms with Gasteiger partial charge in [0.2, 0.25) is 0 Å². The summed E-state index contributed by atoms with van der Waals surface area (Å²) >= 11 is 0. The maximum atomic E-state index is 6.05. The Hall–Kier alpha value is -4.96. The Labute approximate surface area is 223 Å². The van der Waals surface area contributed by atoms with Crippen LogP contribution in [0.5, 0.6) is 11.5 Å². The third kappa shape index (κ3) is 6.05. The summed E-state index contributed by atoms with van der Waals surface area (Å²) in [5.74, 6) is 1.67. The van der Waals surface area contributed by atoms with E-state index < -0.39 is 0 Å². The molecule has 6 aromatic carbocycles. The van der Waals surface area contributed by atoms with Crippen LogP contribution in [0.15, 0.2) is 133 Å². The Morgan fingerprint density at radius 1 is 0.447 bits per heavy atom. The normalized spacial score (nSPS) is 10.5. The average molecular weight is 499 g/mol. The van der Waals surface area contributed by atoms with Gasteiger partial charge in [0.25, 0.3) is 0 Å². The van der Waals surface area contributed by atoms with Crippen molar-refractivity contribution in [3.8, 4) is 11.5 Å². The summed E-state index contributed by atoms with van der Waals surface area (Å²) in [7, 11) is 0. The summed E-state index contributed by atoms with van der Waals surface area (Å²) in [6.07, 6.45) is 0. The van der Waals surface area contributed by atoms with E-state index in [1.807, 2.05) is 121 Å². The van der Waals surface area contributed by atoms with Gasteiger partial charge in [-0.2, -0.15) is 0 Å². The van der Waals surface area contributed by atoms with Crippen LogP contribution >= 0.6 is 0 Å². The largest absolute Gasteiger partial charge is 0.489 e. The number of fused-ring (bicyclic) bond motifs is 2. The lowest BCUT2D eigenvalue weighted by atomic mass is 10.1. The first-order valence-corrected chi connectivity index (χ1v) is 12.6. The quantitative estimate of drug-likeness (QED) is 0.228. The molecule has 0 aliphatic carbocycles. The van der Waals surface area contributed by atoms with Gasteiger partial charge in [0.1, 0.15) is 24.7 Å². The van der Waals surface area contributed by atoms with Crippen molar-refractivity contribution in [2.24, 2.45) is 0 Å². The molecule has 4 nitrogen and oxygen atoms in total. The molecule has 0 unspecified atom stereocenters. The van der Waals surface area contributed by atoms with Crippen molar-refractivity contribution in [2.45, 2.75) is 13.2 Å². The first-order valence-electron chi connectivity index (χ1n) is 12.6. The fraction of sp³-hybridized carbons (Fsp3) is 0.0588. The molecule has 0 heterocycles. The highest BCUT2D eigenvalue weighted by atomic mass is 16.5. The Kier molecular flexibility index (Phi) is 7.71. The minimum absolute atomic E-state index is 0.554. The number of ether oxygens (including phenoxy) is 2. The van der Waals surface area contributed by atoms with Gasteiger partial charge in [-0.3, -0.25) is 0 Å². The van der Waals surface area contributed by atoms with Crippen LogP contribution in [0, 0.1) is 0 Å². The third-order valence-corrected chi connectivity index (χ3v) is 6.27. The zero-order chi connectivity index (χ0) is 26.2. The van der Waals surface area contributed by atoms with Crippen molar-refractivity contribution in [1.82, 2.24) is 0 Å². The lowest BCUT2D eigenvalue weighted by Gasteiger charge is -2.10. The van der Waals surface area contributed by atoms with E-state index in [9.17, 15) is 0 Å². The number of nitrogens with two attached hydrogens (primary N) is 2. The molecule has 0 fully saturated rings. The SMILES string of the molecule is Nc1cc(OCc2ccccc2)cc2ccccc12.Nc1ccc(OCc2ccccc2)c2ccccc12. The fourth-order valence-electron chi connectivity index (χ4n) is 4.29. The number of benzene rings is 6. The molecule has 0 radical (unpaired) electrons. The standard InChI is InChI=1S/2C17H15NO/c18-17-11-15(10-14-8-4-5-9-16(14)17)19-12-13-6-2-1-3-7-13;18-16-10-11-17(15-9-5-4-8-14(15)16)19-12-13-6-2-1-3-7-13/h2*1-11H,12,18H2. The van der Waals surface area contributed by atoms with Crippen LogP contribution in [0.1, 0.15) is 11.1 Å². The molecule has 0 amide bonds. The molecular formula is C34H30N2O2. The zero-order valence-electron chi connectivity index (χ0n) is 21.1. The summed E-state index contributed by atoms with van der Waals surface area (Å²) in [5.41, 5.74) is 15.9. The van der Waals surface area contributed by atoms with Crippen LogP contribution < -0.4 is 20.9 Å².